The summed E-state index contributed by atoms with van der Waals surface area (Å²) in [7, 11) is -7.20. The van der Waals surface area contributed by atoms with Gasteiger partial charge in [0.05, 0.1) is 9.82 Å². The van der Waals surface area contributed by atoms with Crippen LogP contribution in [0.4, 0.5) is 11.4 Å². The quantitative estimate of drug-likeness (QED) is 0.356. The third-order valence-electron chi connectivity index (χ3n) is 4.49. The van der Waals surface area contributed by atoms with E-state index in [1.807, 2.05) is 13.8 Å². The smallest absolute Gasteiger partial charge is 0.293 e. The first-order chi connectivity index (χ1) is 12.9. The lowest BCUT2D eigenvalue weighted by atomic mass is 9.94. The van der Waals surface area contributed by atoms with Crippen LogP contribution in [0.3, 0.4) is 0 Å². The van der Waals surface area contributed by atoms with Crippen molar-refractivity contribution in [1.82, 2.24) is 9.03 Å². The van der Waals surface area contributed by atoms with Crippen molar-refractivity contribution < 1.29 is 21.8 Å². The van der Waals surface area contributed by atoms with Crippen LogP contribution in [0.1, 0.15) is 20.3 Å². The van der Waals surface area contributed by atoms with E-state index in [0.717, 1.165) is 18.7 Å². The number of nitrogens with one attached hydrogen (secondary N) is 2. The number of hydrogen-bond acceptors (Lipinski definition) is 7. The fourth-order valence-corrected chi connectivity index (χ4v) is 5.40. The van der Waals surface area contributed by atoms with Gasteiger partial charge < -0.3 is 5.32 Å². The van der Waals surface area contributed by atoms with Crippen LogP contribution < -0.4 is 10.0 Å². The minimum absolute atomic E-state index is 0.0343. The van der Waals surface area contributed by atoms with E-state index in [0.29, 0.717) is 13.1 Å². The number of nitro groups is 1. The first-order valence-electron chi connectivity index (χ1n) is 8.87. The van der Waals surface area contributed by atoms with Gasteiger partial charge in [0.25, 0.3) is 15.9 Å². The van der Waals surface area contributed by atoms with Gasteiger partial charge in [0.2, 0.25) is 0 Å². The highest BCUT2D eigenvalue weighted by molar-refractivity contribution is 7.90. The van der Waals surface area contributed by atoms with Gasteiger partial charge in [-0.3, -0.25) is 10.1 Å². The van der Waals surface area contributed by atoms with Crippen molar-refractivity contribution in [1.29, 1.82) is 0 Å². The van der Waals surface area contributed by atoms with Gasteiger partial charge in [0.1, 0.15) is 5.69 Å². The molecule has 2 unspecified atom stereocenters. The Bertz CT molecular complexity index is 922. The van der Waals surface area contributed by atoms with Gasteiger partial charge >= 0.3 is 0 Å². The molecule has 1 heterocycles. The molecule has 12 heteroatoms. The third-order valence-corrected chi connectivity index (χ3v) is 7.15. The van der Waals surface area contributed by atoms with Crippen LogP contribution in [0.5, 0.6) is 0 Å². The van der Waals surface area contributed by atoms with Crippen LogP contribution in [-0.2, 0) is 20.0 Å². The highest BCUT2D eigenvalue weighted by Gasteiger charge is 2.30. The van der Waals surface area contributed by atoms with Crippen LogP contribution in [0.15, 0.2) is 23.1 Å². The molecule has 1 aromatic carbocycles. The van der Waals surface area contributed by atoms with Crippen LogP contribution in [0.25, 0.3) is 0 Å². The summed E-state index contributed by atoms with van der Waals surface area (Å²) in [5.74, 6) is 0.573. The van der Waals surface area contributed by atoms with Crippen molar-refractivity contribution in [2.24, 2.45) is 11.8 Å². The summed E-state index contributed by atoms with van der Waals surface area (Å²) in [4.78, 5) is 10.4. The van der Waals surface area contributed by atoms with E-state index in [1.54, 1.807) is 0 Å². The van der Waals surface area contributed by atoms with Gasteiger partial charge in [-0.1, -0.05) is 13.8 Å². The molecular formula is C16H26N4O6S2. The standard InChI is InChI=1S/C16H26N4O6S2/c1-12-8-13(2)11-19(10-12)28(25,26)18-7-6-17-15-5-4-14(27(3,23)24)9-16(15)20(21)22/h4-5,9,12-13,17-18H,6-8,10-11H2,1-3H3. The summed E-state index contributed by atoms with van der Waals surface area (Å²) in [5, 5.41) is 14.0. The zero-order chi connectivity index (χ0) is 21.1. The predicted molar refractivity (Wildman–Crippen MR) is 106 cm³/mol. The Morgan fingerprint density at radius 2 is 1.75 bits per heavy atom. The summed E-state index contributed by atoms with van der Waals surface area (Å²) >= 11 is 0. The summed E-state index contributed by atoms with van der Waals surface area (Å²) in [5.41, 5.74) is -0.263. The molecule has 28 heavy (non-hydrogen) atoms. The molecule has 10 nitrogen and oxygen atoms in total. The van der Waals surface area contributed by atoms with E-state index < -0.39 is 25.0 Å². The second kappa shape index (κ2) is 8.72. The average molecular weight is 435 g/mol. The summed E-state index contributed by atoms with van der Waals surface area (Å²) < 4.78 is 51.9. The molecule has 0 aromatic heterocycles. The number of benzene rings is 1. The molecule has 0 spiro atoms. The van der Waals surface area contributed by atoms with Gasteiger partial charge in [-0.15, -0.1) is 0 Å². The zero-order valence-electron chi connectivity index (χ0n) is 16.1. The van der Waals surface area contributed by atoms with E-state index in [2.05, 4.69) is 10.0 Å². The monoisotopic (exact) mass is 434 g/mol. The molecule has 2 N–H and O–H groups in total. The molecule has 0 radical (unpaired) electrons. The van der Waals surface area contributed by atoms with Crippen molar-refractivity contribution in [3.63, 3.8) is 0 Å². The molecule has 0 bridgehead atoms. The highest BCUT2D eigenvalue weighted by atomic mass is 32.2. The lowest BCUT2D eigenvalue weighted by molar-refractivity contribution is -0.384. The number of rotatable bonds is 8. The first kappa shape index (κ1) is 22.5. The fourth-order valence-electron chi connectivity index (χ4n) is 3.31. The maximum atomic E-state index is 12.4. The molecule has 1 aromatic rings. The summed E-state index contributed by atoms with van der Waals surface area (Å²) in [6.45, 7) is 5.10. The fraction of sp³-hybridized carbons (Fsp3) is 0.625. The number of nitrogens with zero attached hydrogens (tertiary/aromatic N) is 2. The Balaban J connectivity index is 1.98. The molecule has 0 aliphatic carbocycles. The highest BCUT2D eigenvalue weighted by Crippen LogP contribution is 2.27. The largest absolute Gasteiger partial charge is 0.378 e. The van der Waals surface area contributed by atoms with Gasteiger partial charge in [0.15, 0.2) is 9.84 Å². The van der Waals surface area contributed by atoms with Gasteiger partial charge in [-0.25, -0.2) is 13.1 Å². The Hall–Kier alpha value is -1.76. The van der Waals surface area contributed by atoms with Gasteiger partial charge in [-0.05, 0) is 30.4 Å². The van der Waals surface area contributed by atoms with E-state index in [9.17, 15) is 26.9 Å². The molecular weight excluding hydrogens is 408 g/mol. The van der Waals surface area contributed by atoms with E-state index in [1.165, 1.54) is 16.4 Å². The minimum Gasteiger partial charge on any atom is -0.378 e. The lowest BCUT2D eigenvalue weighted by Gasteiger charge is -2.33. The molecule has 1 fully saturated rings. The maximum absolute atomic E-state index is 12.4. The minimum atomic E-state index is -3.63. The Kier molecular flexibility index (Phi) is 7.02. The number of anilines is 1. The average Bonchev–Trinajstić information content (AvgIpc) is 2.57. The number of hydrogen-bond donors (Lipinski definition) is 2. The predicted octanol–water partition coefficient (Wildman–Crippen LogP) is 1.22. The van der Waals surface area contributed by atoms with Crippen LogP contribution in [0, 0.1) is 22.0 Å². The molecule has 2 atom stereocenters. The van der Waals surface area contributed by atoms with Gasteiger partial charge in [-0.2, -0.15) is 12.7 Å². The van der Waals surface area contributed by atoms with Crippen molar-refractivity contribution in [3.05, 3.63) is 28.3 Å². The van der Waals surface area contributed by atoms with Crippen molar-refractivity contribution >= 4 is 31.4 Å². The van der Waals surface area contributed by atoms with E-state index in [-0.39, 0.29) is 41.2 Å². The molecule has 1 aliphatic heterocycles. The maximum Gasteiger partial charge on any atom is 0.293 e. The van der Waals surface area contributed by atoms with E-state index >= 15 is 0 Å². The van der Waals surface area contributed by atoms with Crippen molar-refractivity contribution in [2.75, 3.05) is 37.8 Å². The van der Waals surface area contributed by atoms with Crippen molar-refractivity contribution in [3.8, 4) is 0 Å². The number of nitro benzene ring substituents is 1. The molecule has 1 saturated heterocycles. The van der Waals surface area contributed by atoms with Crippen LogP contribution in [0.2, 0.25) is 0 Å². The zero-order valence-corrected chi connectivity index (χ0v) is 17.7. The molecule has 1 aliphatic rings. The second-order valence-electron chi connectivity index (χ2n) is 7.30. The number of piperidine rings is 1. The lowest BCUT2D eigenvalue weighted by Crippen LogP contribution is -2.48. The molecule has 158 valence electrons. The first-order valence-corrected chi connectivity index (χ1v) is 12.2. The van der Waals surface area contributed by atoms with Crippen LogP contribution >= 0.6 is 0 Å². The molecule has 2 rings (SSSR count). The normalized spacial score (nSPS) is 21.4. The Labute approximate surface area is 165 Å². The third kappa shape index (κ3) is 5.87. The SMILES string of the molecule is CC1CC(C)CN(S(=O)(=O)NCCNc2ccc(S(C)(=O)=O)cc2[N+](=O)[O-])C1. The Morgan fingerprint density at radius 1 is 1.14 bits per heavy atom. The molecule has 0 amide bonds. The molecule has 0 saturated carbocycles. The van der Waals surface area contributed by atoms with Crippen LogP contribution in [-0.4, -0.2) is 58.5 Å². The second-order valence-corrected chi connectivity index (χ2v) is 11.1. The Morgan fingerprint density at radius 3 is 2.29 bits per heavy atom. The van der Waals surface area contributed by atoms with E-state index in [4.69, 9.17) is 0 Å². The van der Waals surface area contributed by atoms with Gasteiger partial charge in [0, 0.05) is 38.5 Å². The number of sulfone groups is 1. The summed E-state index contributed by atoms with van der Waals surface area (Å²) in [6, 6.07) is 3.56. The topological polar surface area (TPSA) is 139 Å². The summed E-state index contributed by atoms with van der Waals surface area (Å²) in [6.07, 6.45) is 1.96. The van der Waals surface area contributed by atoms with Crippen molar-refractivity contribution in [2.45, 2.75) is 25.2 Å².